The van der Waals surface area contributed by atoms with Crippen molar-refractivity contribution in [2.24, 2.45) is 0 Å². The predicted molar refractivity (Wildman–Crippen MR) is 174 cm³/mol. The maximum absolute atomic E-state index is 13.2. The third-order valence-electron chi connectivity index (χ3n) is 8.89. The van der Waals surface area contributed by atoms with Gasteiger partial charge in [0.05, 0.1) is 0 Å². The van der Waals surface area contributed by atoms with Gasteiger partial charge in [-0.2, -0.15) is 12.6 Å². The Hall–Kier alpha value is -2.62. The first kappa shape index (κ1) is 31.8. The highest BCUT2D eigenvalue weighted by atomic mass is 32.1. The molecule has 14 heteroatoms. The summed E-state index contributed by atoms with van der Waals surface area (Å²) in [4.78, 5) is 52.5. The topological polar surface area (TPSA) is 122 Å². The van der Waals surface area contributed by atoms with E-state index in [1.165, 1.54) is 33.1 Å². The molecule has 0 bridgehead atoms. The van der Waals surface area contributed by atoms with Crippen molar-refractivity contribution in [1.82, 2.24) is 19.6 Å². The molecule has 0 aliphatic carbocycles. The first-order chi connectivity index (χ1) is 19.9. The zero-order chi connectivity index (χ0) is 31.9. The van der Waals surface area contributed by atoms with Crippen LogP contribution in [0.25, 0.3) is 12.2 Å². The maximum atomic E-state index is 13.2. The van der Waals surface area contributed by atoms with Gasteiger partial charge in [-0.15, -0.1) is 37.9 Å². The summed E-state index contributed by atoms with van der Waals surface area (Å²) in [6, 6.07) is 14.9. The molecule has 1 unspecified atom stereocenters. The molecular weight excluding hydrogens is 629 g/mol. The molecule has 3 saturated heterocycles. The van der Waals surface area contributed by atoms with Gasteiger partial charge >= 0.3 is 0 Å². The molecule has 228 valence electrons. The van der Waals surface area contributed by atoms with Crippen LogP contribution in [0, 0.1) is 0 Å². The highest BCUT2D eigenvalue weighted by Crippen LogP contribution is 2.60. The Morgan fingerprint density at radius 3 is 1.56 bits per heavy atom. The van der Waals surface area contributed by atoms with Gasteiger partial charge in [-0.25, -0.2) is 0 Å². The molecule has 0 spiro atoms. The number of aliphatic hydroxyl groups is 2. The van der Waals surface area contributed by atoms with E-state index >= 15 is 0 Å². The summed E-state index contributed by atoms with van der Waals surface area (Å²) >= 11 is 17.8. The molecule has 0 saturated carbocycles. The number of benzene rings is 2. The zero-order valence-electron chi connectivity index (χ0n) is 23.8. The molecule has 5 atom stereocenters. The van der Waals surface area contributed by atoms with E-state index in [2.05, 4.69) is 37.9 Å². The van der Waals surface area contributed by atoms with Gasteiger partial charge in [-0.1, -0.05) is 60.7 Å². The highest BCUT2D eigenvalue weighted by molar-refractivity contribution is 7.87. The lowest BCUT2D eigenvalue weighted by atomic mass is 9.80. The van der Waals surface area contributed by atoms with Crippen molar-refractivity contribution in [3.8, 4) is 0 Å². The molecule has 3 heterocycles. The molecule has 2 aromatic rings. The molecule has 2 N–H and O–H groups in total. The number of amides is 4. The summed E-state index contributed by atoms with van der Waals surface area (Å²) in [6.45, 7) is 0. The second kappa shape index (κ2) is 10.2. The lowest BCUT2D eigenvalue weighted by Crippen LogP contribution is -2.84. The van der Waals surface area contributed by atoms with Crippen LogP contribution in [-0.2, 0) is 32.0 Å². The number of hydrogen-bond acceptors (Lipinski definition) is 10. The van der Waals surface area contributed by atoms with Crippen LogP contribution in [0.1, 0.15) is 22.3 Å². The van der Waals surface area contributed by atoms with Crippen LogP contribution in [0.5, 0.6) is 0 Å². The fourth-order valence-electron chi connectivity index (χ4n) is 5.98. The van der Waals surface area contributed by atoms with Gasteiger partial charge < -0.3 is 24.9 Å². The monoisotopic (exact) mass is 660 g/mol. The Morgan fingerprint density at radius 2 is 1.07 bits per heavy atom. The van der Waals surface area contributed by atoms with Crippen LogP contribution in [0.3, 0.4) is 0 Å². The lowest BCUT2D eigenvalue weighted by Gasteiger charge is -2.58. The summed E-state index contributed by atoms with van der Waals surface area (Å²) in [6.07, 6.45) is 4.10. The second-order valence-corrected chi connectivity index (χ2v) is 14.1. The van der Waals surface area contributed by atoms with E-state index in [4.69, 9.17) is 12.6 Å². The smallest absolute Gasteiger partial charge is 0.288 e. The molecule has 3 aliphatic heterocycles. The quantitative estimate of drug-likeness (QED) is 0.119. The summed E-state index contributed by atoms with van der Waals surface area (Å²) in [5.74, 6) is -2.38. The molecule has 10 nitrogen and oxygen atoms in total. The molecular formula is C29H32N4O6S4. The standard InChI is InChI=1S/C29H32N4O6S4/c1-30-24(37)28(39,42)32(3)22(35)26(30,41)16-20-13-9-18(10-14-20)6-5-17-7-11-19(12-8-17)15-25(40)21(34)31(2)27(38)23(36)33(4)29(25,27)43/h5-14,38-43H,15-16H2,1-4H3/b6-5+/t25-,26-,27-,28-,29?/m0/s1. The average molecular weight is 661 g/mol. The van der Waals surface area contributed by atoms with Crippen molar-refractivity contribution in [2.45, 2.75) is 38.1 Å². The van der Waals surface area contributed by atoms with Gasteiger partial charge in [0, 0.05) is 34.6 Å². The molecule has 3 aliphatic rings. The first-order valence-corrected chi connectivity index (χ1v) is 15.0. The Balaban J connectivity index is 1.27. The Labute approximate surface area is 271 Å². The van der Waals surface area contributed by atoms with E-state index in [9.17, 15) is 29.4 Å². The van der Waals surface area contributed by atoms with Crippen molar-refractivity contribution in [3.05, 3.63) is 70.8 Å². The number of β-lactam (4-membered cyclic amide) rings is 1. The number of hydrogen-bond donors (Lipinski definition) is 6. The minimum Gasteiger partial charge on any atom is -0.360 e. The van der Waals surface area contributed by atoms with Crippen molar-refractivity contribution >= 4 is 86.3 Å². The first-order valence-electron chi connectivity index (χ1n) is 13.2. The fourth-order valence-corrected chi connectivity index (χ4v) is 7.79. The third kappa shape index (κ3) is 4.21. The minimum atomic E-state index is -2.24. The molecule has 0 radical (unpaired) electrons. The molecule has 2 aromatic carbocycles. The van der Waals surface area contributed by atoms with Gasteiger partial charge in [-0.3, -0.25) is 24.1 Å². The number of piperazine rings is 1. The molecule has 5 rings (SSSR count). The van der Waals surface area contributed by atoms with Crippen LogP contribution in [0.4, 0.5) is 0 Å². The van der Waals surface area contributed by atoms with Gasteiger partial charge in [0.1, 0.15) is 4.75 Å². The molecule has 43 heavy (non-hydrogen) atoms. The number of rotatable bonds is 6. The Kier molecular flexibility index (Phi) is 7.55. The van der Waals surface area contributed by atoms with E-state index < -0.39 is 48.9 Å². The zero-order valence-corrected chi connectivity index (χ0v) is 27.4. The van der Waals surface area contributed by atoms with Gasteiger partial charge in [0.15, 0.2) is 9.74 Å². The van der Waals surface area contributed by atoms with Crippen LogP contribution >= 0.6 is 50.5 Å². The van der Waals surface area contributed by atoms with E-state index in [1.54, 1.807) is 0 Å². The molecule has 3 fully saturated rings. The molecule has 4 amide bonds. The summed E-state index contributed by atoms with van der Waals surface area (Å²) in [5, 5.41) is 19.1. The van der Waals surface area contributed by atoms with E-state index in [0.29, 0.717) is 0 Å². The number of fused-ring (bicyclic) bond motifs is 1. The van der Waals surface area contributed by atoms with Crippen molar-refractivity contribution < 1.29 is 29.4 Å². The Bertz CT molecular complexity index is 1570. The van der Waals surface area contributed by atoms with Crippen LogP contribution in [0.2, 0.25) is 0 Å². The van der Waals surface area contributed by atoms with Crippen molar-refractivity contribution in [3.63, 3.8) is 0 Å². The van der Waals surface area contributed by atoms with Crippen LogP contribution in [-0.4, -0.2) is 107 Å². The average Bonchev–Trinajstić information content (AvgIpc) is 3.09. The number of nitrogens with zero attached hydrogens (tertiary/aromatic N) is 4. The number of carbonyl (C=O) groups excluding carboxylic acids is 4. The summed E-state index contributed by atoms with van der Waals surface area (Å²) in [5.41, 5.74) is 1.29. The third-order valence-corrected chi connectivity index (χ3v) is 11.9. The van der Waals surface area contributed by atoms with Crippen molar-refractivity contribution in [2.75, 3.05) is 28.2 Å². The van der Waals surface area contributed by atoms with E-state index in [1.807, 2.05) is 60.7 Å². The second-order valence-electron chi connectivity index (χ2n) is 11.3. The summed E-state index contributed by atoms with van der Waals surface area (Å²) in [7, 11) is 5.59. The number of likely N-dealkylation sites (tertiary alicyclic amines) is 2. The van der Waals surface area contributed by atoms with Gasteiger partial charge in [0.2, 0.25) is 5.91 Å². The van der Waals surface area contributed by atoms with Gasteiger partial charge in [-0.05, 0) is 28.7 Å². The SMILES string of the molecule is CN1C(=O)[C@@]2(O)N(C)C(=O)[C@@](S)(Cc3ccc(/C=C/c4ccc(C[C@]5(S)C(=O)N(C)[C@@](O)(S)C(=O)N5C)cc4)cc3)C12S. The fraction of sp³-hybridized carbons (Fsp3) is 0.379. The van der Waals surface area contributed by atoms with E-state index in [0.717, 1.165) is 37.0 Å². The summed E-state index contributed by atoms with van der Waals surface area (Å²) < 4.78 is -1.44. The highest BCUT2D eigenvalue weighted by Gasteiger charge is 2.85. The Morgan fingerprint density at radius 1 is 0.605 bits per heavy atom. The number of likely N-dealkylation sites (N-methyl/N-ethyl adjacent to an activating group) is 4. The van der Waals surface area contributed by atoms with Gasteiger partial charge in [0.25, 0.3) is 28.5 Å². The molecule has 0 aromatic heterocycles. The number of carbonyl (C=O) groups is 4. The van der Waals surface area contributed by atoms with E-state index in [-0.39, 0.29) is 12.8 Å². The number of thiol groups is 4. The normalized spacial score (nSPS) is 34.4. The maximum Gasteiger partial charge on any atom is 0.288 e. The predicted octanol–water partition coefficient (Wildman–Crippen LogP) is 1.00. The van der Waals surface area contributed by atoms with Crippen molar-refractivity contribution in [1.29, 1.82) is 0 Å². The van der Waals surface area contributed by atoms with Crippen LogP contribution in [0.15, 0.2) is 48.5 Å². The minimum absolute atomic E-state index is 0.122. The lowest BCUT2D eigenvalue weighted by molar-refractivity contribution is -0.216. The largest absolute Gasteiger partial charge is 0.360 e. The van der Waals surface area contributed by atoms with Crippen LogP contribution < -0.4 is 0 Å².